The molecule has 22 heavy (non-hydrogen) atoms. The molecule has 0 radical (unpaired) electrons. The molecule has 2 aromatic rings. The second kappa shape index (κ2) is 6.18. The molecule has 1 unspecified atom stereocenters. The Morgan fingerprint density at radius 1 is 1.32 bits per heavy atom. The molecule has 0 aliphatic heterocycles. The van der Waals surface area contributed by atoms with Gasteiger partial charge in [-0.3, -0.25) is 4.79 Å². The Hall–Kier alpha value is -2.36. The molecule has 1 heterocycles. The summed E-state index contributed by atoms with van der Waals surface area (Å²) in [5.41, 5.74) is 0.802. The summed E-state index contributed by atoms with van der Waals surface area (Å²) >= 11 is 0. The van der Waals surface area contributed by atoms with Gasteiger partial charge < -0.3 is 9.32 Å². The Morgan fingerprint density at radius 3 is 2.64 bits per heavy atom. The van der Waals surface area contributed by atoms with E-state index in [4.69, 9.17) is 4.42 Å². The van der Waals surface area contributed by atoms with Gasteiger partial charge in [-0.2, -0.15) is 0 Å². The molecule has 1 amide bonds. The minimum atomic E-state index is -0.283. The van der Waals surface area contributed by atoms with Crippen LogP contribution < -0.4 is 0 Å². The fourth-order valence-corrected chi connectivity index (χ4v) is 2.53. The lowest BCUT2D eigenvalue weighted by Crippen LogP contribution is -2.34. The molecule has 1 fully saturated rings. The summed E-state index contributed by atoms with van der Waals surface area (Å²) < 4.78 is 18.3. The van der Waals surface area contributed by atoms with Crippen molar-refractivity contribution in [1.29, 1.82) is 0 Å². The van der Waals surface area contributed by atoms with E-state index in [1.54, 1.807) is 30.5 Å². The Bertz CT molecular complexity index is 657. The predicted octanol–water partition coefficient (Wildman–Crippen LogP) is 4.18. The van der Waals surface area contributed by atoms with Crippen LogP contribution in [0.3, 0.4) is 0 Å². The van der Waals surface area contributed by atoms with Crippen LogP contribution in [0.15, 0.2) is 53.2 Å². The smallest absolute Gasteiger partial charge is 0.247 e. The molecule has 3 nitrogen and oxygen atoms in total. The molecule has 0 bridgehead atoms. The molecule has 1 aromatic carbocycles. The Morgan fingerprint density at radius 2 is 2.05 bits per heavy atom. The Balaban J connectivity index is 1.74. The number of hydrogen-bond donors (Lipinski definition) is 0. The van der Waals surface area contributed by atoms with E-state index in [0.29, 0.717) is 0 Å². The van der Waals surface area contributed by atoms with Crippen molar-refractivity contribution in [3.63, 3.8) is 0 Å². The van der Waals surface area contributed by atoms with E-state index >= 15 is 0 Å². The molecule has 0 spiro atoms. The standard InChI is InChI=1S/C18H18FNO2/c1-13(17-3-2-12-22-17)20(16-9-10-16)18(21)11-6-14-4-7-15(19)8-5-14/h2-8,11-13,16H,9-10H2,1H3. The fraction of sp³-hybridized carbons (Fsp3) is 0.278. The van der Waals surface area contributed by atoms with Crippen molar-refractivity contribution in [3.8, 4) is 0 Å². The van der Waals surface area contributed by atoms with Gasteiger partial charge in [0, 0.05) is 12.1 Å². The van der Waals surface area contributed by atoms with E-state index in [2.05, 4.69) is 0 Å². The van der Waals surface area contributed by atoms with E-state index in [-0.39, 0.29) is 23.8 Å². The molecule has 114 valence electrons. The van der Waals surface area contributed by atoms with Crippen molar-refractivity contribution in [2.24, 2.45) is 0 Å². The van der Waals surface area contributed by atoms with Crippen molar-refractivity contribution in [2.75, 3.05) is 0 Å². The van der Waals surface area contributed by atoms with E-state index < -0.39 is 0 Å². The van der Waals surface area contributed by atoms with Gasteiger partial charge in [-0.25, -0.2) is 4.39 Å². The van der Waals surface area contributed by atoms with Crippen LogP contribution in [0, 0.1) is 5.82 Å². The summed E-state index contributed by atoms with van der Waals surface area (Å²) in [4.78, 5) is 14.4. The number of benzene rings is 1. The molecule has 1 aromatic heterocycles. The first-order valence-corrected chi connectivity index (χ1v) is 7.44. The predicted molar refractivity (Wildman–Crippen MR) is 82.4 cm³/mol. The van der Waals surface area contributed by atoms with Crippen molar-refractivity contribution < 1.29 is 13.6 Å². The van der Waals surface area contributed by atoms with E-state index in [0.717, 1.165) is 24.2 Å². The van der Waals surface area contributed by atoms with Gasteiger partial charge in [-0.05, 0) is 55.7 Å². The highest BCUT2D eigenvalue weighted by Crippen LogP contribution is 2.34. The summed E-state index contributed by atoms with van der Waals surface area (Å²) in [6.45, 7) is 1.97. The number of nitrogens with zero attached hydrogens (tertiary/aromatic N) is 1. The summed E-state index contributed by atoms with van der Waals surface area (Å²) in [5.74, 6) is 0.459. The summed E-state index contributed by atoms with van der Waals surface area (Å²) in [6.07, 6.45) is 6.94. The number of carbonyl (C=O) groups is 1. The number of rotatable bonds is 5. The minimum Gasteiger partial charge on any atom is -0.467 e. The number of amides is 1. The van der Waals surface area contributed by atoms with Crippen LogP contribution in [-0.4, -0.2) is 16.8 Å². The highest BCUT2D eigenvalue weighted by Gasteiger charge is 2.36. The van der Waals surface area contributed by atoms with Crippen LogP contribution in [-0.2, 0) is 4.79 Å². The van der Waals surface area contributed by atoms with Crippen LogP contribution in [0.4, 0.5) is 4.39 Å². The molecule has 1 aliphatic carbocycles. The van der Waals surface area contributed by atoms with Crippen molar-refractivity contribution >= 4 is 12.0 Å². The lowest BCUT2D eigenvalue weighted by molar-refractivity contribution is -0.129. The SMILES string of the molecule is CC(c1ccco1)N(C(=O)C=Cc1ccc(F)cc1)C1CC1. The van der Waals surface area contributed by atoms with Crippen molar-refractivity contribution in [2.45, 2.75) is 31.8 Å². The maximum absolute atomic E-state index is 12.9. The van der Waals surface area contributed by atoms with Crippen molar-refractivity contribution in [1.82, 2.24) is 4.90 Å². The maximum Gasteiger partial charge on any atom is 0.247 e. The summed E-state index contributed by atoms with van der Waals surface area (Å²) in [6, 6.07) is 9.97. The Labute approximate surface area is 129 Å². The lowest BCUT2D eigenvalue weighted by Gasteiger charge is -2.26. The van der Waals surface area contributed by atoms with Gasteiger partial charge >= 0.3 is 0 Å². The van der Waals surface area contributed by atoms with Crippen LogP contribution in [0.2, 0.25) is 0 Å². The summed E-state index contributed by atoms with van der Waals surface area (Å²) in [5, 5.41) is 0. The van der Waals surface area contributed by atoms with E-state index in [1.165, 1.54) is 12.1 Å². The van der Waals surface area contributed by atoms with Crippen LogP contribution in [0.5, 0.6) is 0 Å². The Kier molecular flexibility index (Phi) is 4.09. The number of carbonyl (C=O) groups excluding carboxylic acids is 1. The second-order valence-electron chi connectivity index (χ2n) is 5.55. The van der Waals surface area contributed by atoms with Gasteiger partial charge in [-0.1, -0.05) is 12.1 Å². The third-order valence-corrected chi connectivity index (χ3v) is 3.86. The van der Waals surface area contributed by atoms with Gasteiger partial charge in [-0.15, -0.1) is 0 Å². The molecule has 0 N–H and O–H groups in total. The number of hydrogen-bond acceptors (Lipinski definition) is 2. The molecular formula is C18H18FNO2. The quantitative estimate of drug-likeness (QED) is 0.776. The zero-order valence-corrected chi connectivity index (χ0v) is 12.4. The first kappa shape index (κ1) is 14.6. The topological polar surface area (TPSA) is 33.5 Å². The second-order valence-corrected chi connectivity index (χ2v) is 5.55. The molecule has 0 saturated heterocycles. The fourth-order valence-electron chi connectivity index (χ4n) is 2.53. The van der Waals surface area contributed by atoms with Crippen molar-refractivity contribution in [3.05, 3.63) is 65.9 Å². The first-order chi connectivity index (χ1) is 10.6. The minimum absolute atomic E-state index is 0.0456. The van der Waals surface area contributed by atoms with Gasteiger partial charge in [0.25, 0.3) is 0 Å². The highest BCUT2D eigenvalue weighted by atomic mass is 19.1. The third-order valence-electron chi connectivity index (χ3n) is 3.86. The van der Waals surface area contributed by atoms with E-state index in [1.807, 2.05) is 24.0 Å². The zero-order valence-electron chi connectivity index (χ0n) is 12.4. The van der Waals surface area contributed by atoms with Gasteiger partial charge in [0.1, 0.15) is 11.6 Å². The van der Waals surface area contributed by atoms with Crippen LogP contribution in [0.25, 0.3) is 6.08 Å². The lowest BCUT2D eigenvalue weighted by atomic mass is 10.1. The third kappa shape index (κ3) is 3.27. The average Bonchev–Trinajstić information content (AvgIpc) is 3.18. The monoisotopic (exact) mass is 299 g/mol. The molecule has 1 saturated carbocycles. The van der Waals surface area contributed by atoms with E-state index in [9.17, 15) is 9.18 Å². The maximum atomic E-state index is 12.9. The zero-order chi connectivity index (χ0) is 15.5. The van der Waals surface area contributed by atoms with Crippen LogP contribution in [0.1, 0.15) is 37.1 Å². The van der Waals surface area contributed by atoms with Gasteiger partial charge in [0.2, 0.25) is 5.91 Å². The number of furan rings is 1. The van der Waals surface area contributed by atoms with Crippen LogP contribution >= 0.6 is 0 Å². The molecule has 1 atom stereocenters. The summed E-state index contributed by atoms with van der Waals surface area (Å²) in [7, 11) is 0. The van der Waals surface area contributed by atoms with Gasteiger partial charge in [0.05, 0.1) is 12.3 Å². The molecular weight excluding hydrogens is 281 g/mol. The van der Waals surface area contributed by atoms with Gasteiger partial charge in [0.15, 0.2) is 0 Å². The molecule has 1 aliphatic rings. The molecule has 4 heteroatoms. The normalized spacial score (nSPS) is 15.9. The first-order valence-electron chi connectivity index (χ1n) is 7.44. The largest absolute Gasteiger partial charge is 0.467 e. The number of halogens is 1. The molecule has 3 rings (SSSR count). The average molecular weight is 299 g/mol. The highest BCUT2D eigenvalue weighted by molar-refractivity contribution is 5.92.